The summed E-state index contributed by atoms with van der Waals surface area (Å²) >= 11 is 10.7. The number of unbranched alkanes of at least 4 members (excludes halogenated alkanes) is 10. The topological polar surface area (TPSA) is 151 Å². The van der Waals surface area contributed by atoms with Crippen molar-refractivity contribution < 1.29 is 38.2 Å². The van der Waals surface area contributed by atoms with Crippen molar-refractivity contribution in [1.82, 2.24) is 20.9 Å². The lowest BCUT2D eigenvalue weighted by Crippen LogP contribution is -2.45. The number of rotatable bonds is 21. The van der Waals surface area contributed by atoms with E-state index in [0.29, 0.717) is 22.8 Å². The molecule has 2 aromatic carbocycles. The zero-order valence-electron chi connectivity index (χ0n) is 29.8. The third-order valence-corrected chi connectivity index (χ3v) is 9.37. The van der Waals surface area contributed by atoms with Crippen molar-refractivity contribution in [2.24, 2.45) is 0 Å². The first-order chi connectivity index (χ1) is 25.1. The zero-order chi connectivity index (χ0) is 37.6. The van der Waals surface area contributed by atoms with Crippen LogP contribution < -0.4 is 10.9 Å². The predicted molar refractivity (Wildman–Crippen MR) is 202 cm³/mol. The van der Waals surface area contributed by atoms with Crippen LogP contribution in [-0.4, -0.2) is 68.8 Å². The molecule has 0 spiro atoms. The number of amides is 4. The summed E-state index contributed by atoms with van der Waals surface area (Å²) in [6, 6.07) is 8.07. The third-order valence-electron chi connectivity index (χ3n) is 8.78. The average molecular weight is 751 g/mol. The van der Waals surface area contributed by atoms with Gasteiger partial charge in [0.25, 0.3) is 23.6 Å². The van der Waals surface area contributed by atoms with Gasteiger partial charge in [-0.1, -0.05) is 102 Å². The van der Waals surface area contributed by atoms with Gasteiger partial charge in [0, 0.05) is 0 Å². The quantitative estimate of drug-likeness (QED) is 0.0582. The molecule has 2 heterocycles. The number of hydrazine groups is 2. The molecular formula is C38H46N4O8S2. The van der Waals surface area contributed by atoms with Crippen LogP contribution in [0, 0.1) is 0 Å². The van der Waals surface area contributed by atoms with Crippen molar-refractivity contribution in [2.75, 3.05) is 13.2 Å². The number of esters is 2. The van der Waals surface area contributed by atoms with Gasteiger partial charge in [0.1, 0.15) is 13.2 Å². The number of ether oxygens (including phenoxy) is 2. The van der Waals surface area contributed by atoms with Crippen LogP contribution in [0.1, 0.15) is 166 Å². The monoisotopic (exact) mass is 750 g/mol. The summed E-state index contributed by atoms with van der Waals surface area (Å²) in [6.07, 6.45) is 14.1. The molecule has 0 radical (unpaired) electrons. The number of benzene rings is 2. The van der Waals surface area contributed by atoms with Crippen LogP contribution in [0.25, 0.3) is 0 Å². The van der Waals surface area contributed by atoms with Crippen LogP contribution >= 0.6 is 24.4 Å². The molecule has 12 nitrogen and oxygen atoms in total. The van der Waals surface area contributed by atoms with E-state index in [4.69, 9.17) is 33.9 Å². The Labute approximate surface area is 314 Å². The minimum atomic E-state index is -0.785. The van der Waals surface area contributed by atoms with Crippen LogP contribution in [0.15, 0.2) is 36.4 Å². The van der Waals surface area contributed by atoms with Gasteiger partial charge in [-0.15, -0.1) is 0 Å². The fourth-order valence-electron chi connectivity index (χ4n) is 5.87. The second kappa shape index (κ2) is 19.9. The van der Waals surface area contributed by atoms with Gasteiger partial charge in [0.15, 0.2) is 0 Å². The van der Waals surface area contributed by atoms with Gasteiger partial charge in [-0.3, -0.25) is 30.0 Å². The number of hydrogen-bond donors (Lipinski definition) is 2. The maximum absolute atomic E-state index is 13.0. The van der Waals surface area contributed by atoms with Crippen molar-refractivity contribution in [3.05, 3.63) is 69.8 Å². The fourth-order valence-corrected chi connectivity index (χ4v) is 6.34. The number of nitrogens with one attached hydrogen (secondary N) is 2. The molecule has 0 fully saturated rings. The average Bonchev–Trinajstić information content (AvgIpc) is 3.51. The molecule has 0 saturated carbocycles. The Hall–Kier alpha value is -4.56. The van der Waals surface area contributed by atoms with Crippen molar-refractivity contribution >= 4 is 70.0 Å². The first-order valence-electron chi connectivity index (χ1n) is 18.1. The van der Waals surface area contributed by atoms with Crippen molar-refractivity contribution in [2.45, 2.75) is 104 Å². The van der Waals surface area contributed by atoms with Crippen LogP contribution in [0.2, 0.25) is 0 Å². The first-order valence-corrected chi connectivity index (χ1v) is 18.9. The van der Waals surface area contributed by atoms with Crippen LogP contribution in [0.5, 0.6) is 0 Å². The van der Waals surface area contributed by atoms with Crippen LogP contribution in [0.3, 0.4) is 0 Å². The molecule has 0 saturated heterocycles. The number of imide groups is 2. The number of carbonyl (C=O) groups excluding carboxylic acids is 6. The SMILES string of the molecule is CCCCCCCCC(=S)NN1C(=O)c2ccc(C(=O)OCCOC(=O)c3ccc4c(c3)C(=O)N(NC(=S)CCCCCCCC)C4=O)cc2C1=O. The van der Waals surface area contributed by atoms with E-state index in [1.54, 1.807) is 0 Å². The zero-order valence-corrected chi connectivity index (χ0v) is 31.4. The summed E-state index contributed by atoms with van der Waals surface area (Å²) in [7, 11) is 0. The Morgan fingerprint density at radius 2 is 0.885 bits per heavy atom. The molecule has 52 heavy (non-hydrogen) atoms. The minimum Gasteiger partial charge on any atom is -0.458 e. The lowest BCUT2D eigenvalue weighted by atomic mass is 10.1. The highest BCUT2D eigenvalue weighted by atomic mass is 32.1. The number of hydrogen-bond acceptors (Lipinski definition) is 10. The summed E-state index contributed by atoms with van der Waals surface area (Å²) in [6.45, 7) is 3.71. The highest BCUT2D eigenvalue weighted by Gasteiger charge is 2.38. The van der Waals surface area contributed by atoms with Gasteiger partial charge in [-0.05, 0) is 62.1 Å². The lowest BCUT2D eigenvalue weighted by Gasteiger charge is -2.17. The van der Waals surface area contributed by atoms with Crippen molar-refractivity contribution in [3.63, 3.8) is 0 Å². The molecule has 0 bridgehead atoms. The molecule has 2 aliphatic rings. The van der Waals surface area contributed by atoms with Crippen molar-refractivity contribution in [3.8, 4) is 0 Å². The van der Waals surface area contributed by atoms with E-state index in [2.05, 4.69) is 24.7 Å². The second-order valence-corrected chi connectivity index (χ2v) is 13.8. The Morgan fingerprint density at radius 1 is 0.538 bits per heavy atom. The fraction of sp³-hybridized carbons (Fsp3) is 0.474. The lowest BCUT2D eigenvalue weighted by molar-refractivity contribution is 0.0265. The van der Waals surface area contributed by atoms with E-state index in [-0.39, 0.29) is 46.6 Å². The Balaban J connectivity index is 1.22. The molecule has 2 N–H and O–H groups in total. The van der Waals surface area contributed by atoms with Gasteiger partial charge in [-0.2, -0.15) is 10.0 Å². The molecule has 14 heteroatoms. The molecule has 0 aliphatic carbocycles. The molecule has 2 aliphatic heterocycles. The van der Waals surface area contributed by atoms with E-state index in [0.717, 1.165) is 61.4 Å². The second-order valence-electron chi connectivity index (χ2n) is 12.8. The molecule has 4 amide bonds. The third kappa shape index (κ3) is 10.5. The van der Waals surface area contributed by atoms with Crippen molar-refractivity contribution in [1.29, 1.82) is 0 Å². The largest absolute Gasteiger partial charge is 0.458 e. The normalized spacial score (nSPS) is 13.3. The van der Waals surface area contributed by atoms with E-state index < -0.39 is 35.6 Å². The molecular weight excluding hydrogens is 705 g/mol. The summed E-state index contributed by atoms with van der Waals surface area (Å²) in [5.41, 5.74) is 5.90. The highest BCUT2D eigenvalue weighted by Crippen LogP contribution is 2.25. The van der Waals surface area contributed by atoms with Gasteiger partial charge in [0.05, 0.1) is 43.4 Å². The van der Waals surface area contributed by atoms with Gasteiger partial charge < -0.3 is 9.47 Å². The molecule has 0 unspecified atom stereocenters. The Morgan fingerprint density at radius 3 is 1.27 bits per heavy atom. The molecule has 0 aromatic heterocycles. The number of thiocarbonyl (C=S) groups is 2. The standard InChI is InChI=1S/C38H46N4O8S2/c1-3-5-7-9-11-13-15-31(51)39-41-33(43)27-19-17-25(23-29(27)35(41)45)37(47)49-21-22-50-38(48)26-18-20-28-30(24-26)36(46)42(34(28)44)40-32(52)16-14-12-10-8-6-4-2/h17-20,23-24H,3-16,21-22H2,1-2H3,(H,39,51)(H,40,52). The molecule has 0 atom stereocenters. The van der Waals surface area contributed by atoms with Gasteiger partial charge >= 0.3 is 11.9 Å². The number of carbonyl (C=O) groups is 6. The number of nitrogens with zero attached hydrogens (tertiary/aromatic N) is 2. The Kier molecular flexibility index (Phi) is 15.4. The summed E-state index contributed by atoms with van der Waals surface area (Å²) < 4.78 is 10.5. The minimum absolute atomic E-state index is 0.0363. The van der Waals surface area contributed by atoms with E-state index >= 15 is 0 Å². The molecule has 4 rings (SSSR count). The van der Waals surface area contributed by atoms with E-state index in [1.807, 2.05) is 0 Å². The van der Waals surface area contributed by atoms with Gasteiger partial charge in [0.2, 0.25) is 0 Å². The first kappa shape index (κ1) is 40.2. The summed E-state index contributed by atoms with van der Waals surface area (Å²) in [4.78, 5) is 78.0. The van der Waals surface area contributed by atoms with E-state index in [9.17, 15) is 28.8 Å². The maximum Gasteiger partial charge on any atom is 0.338 e. The number of fused-ring (bicyclic) bond motifs is 2. The highest BCUT2D eigenvalue weighted by molar-refractivity contribution is 7.80. The summed E-state index contributed by atoms with van der Waals surface area (Å²) in [5, 5.41) is 1.72. The van der Waals surface area contributed by atoms with Crippen LogP contribution in [0.4, 0.5) is 0 Å². The molecule has 2 aromatic rings. The van der Waals surface area contributed by atoms with Crippen LogP contribution in [-0.2, 0) is 9.47 Å². The predicted octanol–water partition coefficient (Wildman–Crippen LogP) is 7.06. The smallest absolute Gasteiger partial charge is 0.338 e. The van der Waals surface area contributed by atoms with E-state index in [1.165, 1.54) is 62.1 Å². The summed E-state index contributed by atoms with van der Waals surface area (Å²) in [5.74, 6) is -3.95. The maximum atomic E-state index is 13.0. The molecule has 278 valence electrons. The van der Waals surface area contributed by atoms with Gasteiger partial charge in [-0.25, -0.2) is 9.59 Å². The Bertz CT molecular complexity index is 1590.